The molecule has 1 saturated carbocycles. The van der Waals surface area contributed by atoms with E-state index in [0.29, 0.717) is 24.8 Å². The number of aliphatic hydroxyl groups is 1. The second kappa shape index (κ2) is 5.02. The molecule has 3 rings (SSSR count). The Bertz CT molecular complexity index is 537. The Labute approximate surface area is 118 Å². The van der Waals surface area contributed by atoms with Crippen molar-refractivity contribution in [3.05, 3.63) is 35.4 Å². The van der Waals surface area contributed by atoms with E-state index in [2.05, 4.69) is 0 Å². The third kappa shape index (κ3) is 2.14. The Kier molecular flexibility index (Phi) is 3.34. The Morgan fingerprint density at radius 3 is 2.60 bits per heavy atom. The molecule has 4 nitrogen and oxygen atoms in total. The van der Waals surface area contributed by atoms with Crippen molar-refractivity contribution in [1.29, 1.82) is 0 Å². The molecule has 106 valence electrons. The quantitative estimate of drug-likeness (QED) is 0.795. The molecule has 1 aliphatic heterocycles. The van der Waals surface area contributed by atoms with Crippen LogP contribution < -0.4 is 0 Å². The molecular formula is C16H19NO3. The van der Waals surface area contributed by atoms with Crippen molar-refractivity contribution in [2.75, 3.05) is 0 Å². The molecule has 0 aromatic heterocycles. The monoisotopic (exact) mass is 273 g/mol. The Hall–Kier alpha value is -1.68. The third-order valence-electron chi connectivity index (χ3n) is 4.56. The van der Waals surface area contributed by atoms with Crippen molar-refractivity contribution in [3.63, 3.8) is 0 Å². The minimum Gasteiger partial charge on any atom is -0.393 e. The van der Waals surface area contributed by atoms with E-state index < -0.39 is 0 Å². The summed E-state index contributed by atoms with van der Waals surface area (Å²) in [5.74, 6) is -0.271. The molecule has 3 atom stereocenters. The predicted octanol–water partition coefficient (Wildman–Crippen LogP) is 1.90. The second-order valence-electron chi connectivity index (χ2n) is 5.85. The molecule has 3 unspecified atom stereocenters. The Morgan fingerprint density at radius 1 is 1.20 bits per heavy atom. The van der Waals surface area contributed by atoms with Crippen molar-refractivity contribution < 1.29 is 14.7 Å². The summed E-state index contributed by atoms with van der Waals surface area (Å²) in [6.07, 6.45) is 2.08. The SMILES string of the molecule is Cc1ccc(C(=O)N2C(=O)CCC3C(O)CCC32)cc1. The van der Waals surface area contributed by atoms with Crippen molar-refractivity contribution in [2.45, 2.75) is 44.8 Å². The number of piperidine rings is 1. The highest BCUT2D eigenvalue weighted by Gasteiger charge is 2.46. The number of likely N-dealkylation sites (tertiary alicyclic amines) is 1. The van der Waals surface area contributed by atoms with Crippen molar-refractivity contribution in [2.24, 2.45) is 5.92 Å². The molecule has 1 aromatic rings. The molecule has 4 heteroatoms. The van der Waals surface area contributed by atoms with Gasteiger partial charge in [0.25, 0.3) is 5.91 Å². The van der Waals surface area contributed by atoms with Crippen LogP contribution in [0, 0.1) is 12.8 Å². The molecule has 1 aromatic carbocycles. The number of imide groups is 1. The van der Waals surface area contributed by atoms with Gasteiger partial charge in [0.2, 0.25) is 5.91 Å². The minimum absolute atomic E-state index is 0.0575. The van der Waals surface area contributed by atoms with Crippen LogP contribution in [0.1, 0.15) is 41.6 Å². The first-order valence-corrected chi connectivity index (χ1v) is 7.19. The van der Waals surface area contributed by atoms with Gasteiger partial charge in [-0.1, -0.05) is 17.7 Å². The highest BCUT2D eigenvalue weighted by atomic mass is 16.3. The number of aliphatic hydroxyl groups excluding tert-OH is 1. The maximum absolute atomic E-state index is 12.6. The topological polar surface area (TPSA) is 57.6 Å². The number of carbonyl (C=O) groups is 2. The molecular weight excluding hydrogens is 254 g/mol. The fourth-order valence-electron chi connectivity index (χ4n) is 3.43. The zero-order chi connectivity index (χ0) is 14.3. The molecule has 2 fully saturated rings. The standard InChI is InChI=1S/C16H19NO3/c1-10-2-4-11(5-3-10)16(20)17-13-7-8-14(18)12(13)6-9-15(17)19/h2-5,12-14,18H,6-9H2,1H3. The molecule has 0 bridgehead atoms. The molecule has 1 heterocycles. The molecule has 20 heavy (non-hydrogen) atoms. The average Bonchev–Trinajstić information content (AvgIpc) is 2.80. The first kappa shape index (κ1) is 13.3. The fourth-order valence-corrected chi connectivity index (χ4v) is 3.43. The summed E-state index contributed by atoms with van der Waals surface area (Å²) in [7, 11) is 0. The van der Waals surface area contributed by atoms with E-state index >= 15 is 0 Å². The van der Waals surface area contributed by atoms with Crippen LogP contribution in [0.2, 0.25) is 0 Å². The first-order valence-electron chi connectivity index (χ1n) is 7.19. The minimum atomic E-state index is -0.374. The van der Waals surface area contributed by atoms with Crippen molar-refractivity contribution in [1.82, 2.24) is 4.90 Å². The first-order chi connectivity index (χ1) is 9.58. The van der Waals surface area contributed by atoms with E-state index in [4.69, 9.17) is 0 Å². The number of rotatable bonds is 1. The van der Waals surface area contributed by atoms with E-state index in [0.717, 1.165) is 12.0 Å². The number of aryl methyl sites for hydroxylation is 1. The summed E-state index contributed by atoms with van der Waals surface area (Å²) in [6, 6.07) is 7.16. The smallest absolute Gasteiger partial charge is 0.260 e. The van der Waals surface area contributed by atoms with Gasteiger partial charge in [-0.3, -0.25) is 14.5 Å². The van der Waals surface area contributed by atoms with Crippen LogP contribution in [-0.2, 0) is 4.79 Å². The lowest BCUT2D eigenvalue weighted by Gasteiger charge is -2.36. The van der Waals surface area contributed by atoms with E-state index in [-0.39, 0.29) is 29.9 Å². The van der Waals surface area contributed by atoms with Gasteiger partial charge in [-0.15, -0.1) is 0 Å². The normalized spacial score (nSPS) is 29.4. The van der Waals surface area contributed by atoms with Gasteiger partial charge in [-0.2, -0.15) is 0 Å². The zero-order valence-corrected chi connectivity index (χ0v) is 11.6. The lowest BCUT2D eigenvalue weighted by Crippen LogP contribution is -2.51. The van der Waals surface area contributed by atoms with Crippen LogP contribution >= 0.6 is 0 Å². The number of nitrogens with zero attached hydrogens (tertiary/aromatic N) is 1. The van der Waals surface area contributed by atoms with Gasteiger partial charge in [0.1, 0.15) is 0 Å². The van der Waals surface area contributed by atoms with Crippen LogP contribution in [0.25, 0.3) is 0 Å². The summed E-state index contributed by atoms with van der Waals surface area (Å²) in [5, 5.41) is 9.97. The highest BCUT2D eigenvalue weighted by molar-refractivity contribution is 6.05. The molecule has 2 amide bonds. The van der Waals surface area contributed by atoms with Crippen molar-refractivity contribution in [3.8, 4) is 0 Å². The molecule has 1 saturated heterocycles. The highest BCUT2D eigenvalue weighted by Crippen LogP contribution is 2.38. The third-order valence-corrected chi connectivity index (χ3v) is 4.56. The second-order valence-corrected chi connectivity index (χ2v) is 5.85. The number of amides is 2. The largest absolute Gasteiger partial charge is 0.393 e. The van der Waals surface area contributed by atoms with Gasteiger partial charge in [0.15, 0.2) is 0 Å². The lowest BCUT2D eigenvalue weighted by atomic mass is 9.89. The summed E-state index contributed by atoms with van der Waals surface area (Å²) in [6.45, 7) is 1.96. The molecule has 0 radical (unpaired) electrons. The average molecular weight is 273 g/mol. The summed E-state index contributed by atoms with van der Waals surface area (Å²) in [5.41, 5.74) is 1.63. The van der Waals surface area contributed by atoms with E-state index in [1.807, 2.05) is 19.1 Å². The summed E-state index contributed by atoms with van der Waals surface area (Å²) < 4.78 is 0. The van der Waals surface area contributed by atoms with Gasteiger partial charge in [-0.05, 0) is 38.3 Å². The maximum Gasteiger partial charge on any atom is 0.260 e. The van der Waals surface area contributed by atoms with E-state index in [1.54, 1.807) is 12.1 Å². The predicted molar refractivity (Wildman–Crippen MR) is 74.1 cm³/mol. The molecule has 1 N–H and O–H groups in total. The van der Waals surface area contributed by atoms with Crippen LogP contribution in [0.3, 0.4) is 0 Å². The fraction of sp³-hybridized carbons (Fsp3) is 0.500. The maximum atomic E-state index is 12.6. The summed E-state index contributed by atoms with van der Waals surface area (Å²) in [4.78, 5) is 26.1. The van der Waals surface area contributed by atoms with Crippen LogP contribution in [0.15, 0.2) is 24.3 Å². The van der Waals surface area contributed by atoms with Crippen molar-refractivity contribution >= 4 is 11.8 Å². The Morgan fingerprint density at radius 2 is 1.90 bits per heavy atom. The van der Waals surface area contributed by atoms with Crippen LogP contribution in [0.5, 0.6) is 0 Å². The van der Waals surface area contributed by atoms with Gasteiger partial charge in [0.05, 0.1) is 6.10 Å². The molecule has 2 aliphatic rings. The van der Waals surface area contributed by atoms with E-state index in [9.17, 15) is 14.7 Å². The zero-order valence-electron chi connectivity index (χ0n) is 11.6. The summed E-state index contributed by atoms with van der Waals surface area (Å²) >= 11 is 0. The lowest BCUT2D eigenvalue weighted by molar-refractivity contribution is -0.135. The molecule has 0 spiro atoms. The number of carbonyl (C=O) groups excluding carboxylic acids is 2. The van der Waals surface area contributed by atoms with Crippen LogP contribution in [0.4, 0.5) is 0 Å². The number of hydrogen-bond donors (Lipinski definition) is 1. The Balaban J connectivity index is 1.88. The van der Waals surface area contributed by atoms with Crippen LogP contribution in [-0.4, -0.2) is 34.0 Å². The number of benzene rings is 1. The number of hydrogen-bond acceptors (Lipinski definition) is 3. The van der Waals surface area contributed by atoms with Gasteiger partial charge in [-0.25, -0.2) is 0 Å². The molecule has 1 aliphatic carbocycles. The number of fused-ring (bicyclic) bond motifs is 1. The van der Waals surface area contributed by atoms with Gasteiger partial charge in [0, 0.05) is 23.9 Å². The van der Waals surface area contributed by atoms with E-state index in [1.165, 1.54) is 4.90 Å². The van der Waals surface area contributed by atoms with Gasteiger partial charge >= 0.3 is 0 Å². The van der Waals surface area contributed by atoms with Gasteiger partial charge < -0.3 is 5.11 Å².